The Labute approximate surface area is 172 Å². The second-order valence-electron chi connectivity index (χ2n) is 7.21. The first-order chi connectivity index (χ1) is 14.4. The highest BCUT2D eigenvalue weighted by Gasteiger charge is 2.21. The monoisotopic (exact) mass is 406 g/mol. The van der Waals surface area contributed by atoms with Crippen molar-refractivity contribution in [1.29, 1.82) is 0 Å². The zero-order chi connectivity index (χ0) is 21.3. The lowest BCUT2D eigenvalue weighted by atomic mass is 9.98. The van der Waals surface area contributed by atoms with Gasteiger partial charge in [-0.05, 0) is 38.0 Å². The van der Waals surface area contributed by atoms with E-state index in [1.165, 1.54) is 6.20 Å². The van der Waals surface area contributed by atoms with Crippen molar-refractivity contribution in [2.24, 2.45) is 5.73 Å². The van der Waals surface area contributed by atoms with Crippen LogP contribution in [0, 0.1) is 0 Å². The highest BCUT2D eigenvalue weighted by molar-refractivity contribution is 6.00. The van der Waals surface area contributed by atoms with Crippen molar-refractivity contribution < 1.29 is 9.59 Å². The first kappa shape index (κ1) is 19.4. The Kier molecular flexibility index (Phi) is 5.05. The van der Waals surface area contributed by atoms with Gasteiger partial charge in [-0.1, -0.05) is 6.07 Å². The minimum Gasteiger partial charge on any atom is -0.365 e. The summed E-state index contributed by atoms with van der Waals surface area (Å²) in [5.74, 6) is -0.231. The number of rotatable bonds is 6. The molecule has 2 amide bonds. The van der Waals surface area contributed by atoms with Crippen molar-refractivity contribution in [3.05, 3.63) is 53.5 Å². The Morgan fingerprint density at radius 3 is 2.83 bits per heavy atom. The molecular weight excluding hydrogens is 384 g/mol. The third-order valence-corrected chi connectivity index (χ3v) is 4.78. The number of nitrogens with two attached hydrogens (primary N) is 1. The summed E-state index contributed by atoms with van der Waals surface area (Å²) in [7, 11) is 0. The Morgan fingerprint density at radius 2 is 2.10 bits per heavy atom. The number of carbonyl (C=O) groups excluding carboxylic acids is 2. The fraction of sp³-hybridized carbons (Fsp3) is 0.250. The van der Waals surface area contributed by atoms with E-state index >= 15 is 0 Å². The third kappa shape index (κ3) is 3.79. The molecule has 30 heavy (non-hydrogen) atoms. The van der Waals surface area contributed by atoms with Crippen LogP contribution >= 0.6 is 0 Å². The number of fused-ring (bicyclic) bond motifs is 1. The van der Waals surface area contributed by atoms with Gasteiger partial charge in [0.15, 0.2) is 0 Å². The van der Waals surface area contributed by atoms with Gasteiger partial charge in [0, 0.05) is 36.2 Å². The number of aromatic nitrogens is 4. The Morgan fingerprint density at radius 1 is 1.27 bits per heavy atom. The first-order valence-electron chi connectivity index (χ1n) is 9.57. The normalized spacial score (nSPS) is 13.0. The number of benzene rings is 1. The van der Waals surface area contributed by atoms with E-state index in [-0.39, 0.29) is 29.3 Å². The van der Waals surface area contributed by atoms with Gasteiger partial charge in [0.05, 0.1) is 11.9 Å². The maximum atomic E-state index is 12.1. The summed E-state index contributed by atoms with van der Waals surface area (Å²) in [6.07, 6.45) is 5.55. The topological polar surface area (TPSA) is 140 Å². The van der Waals surface area contributed by atoms with Crippen molar-refractivity contribution in [2.75, 3.05) is 17.2 Å². The lowest BCUT2D eigenvalue weighted by Gasteiger charge is -2.20. The summed E-state index contributed by atoms with van der Waals surface area (Å²) in [6, 6.07) is 5.60. The van der Waals surface area contributed by atoms with Crippen LogP contribution in [0.2, 0.25) is 0 Å². The maximum Gasteiger partial charge on any atom is 0.254 e. The molecule has 0 saturated carbocycles. The van der Waals surface area contributed by atoms with Crippen LogP contribution in [0.3, 0.4) is 0 Å². The molecule has 3 heterocycles. The van der Waals surface area contributed by atoms with Crippen LogP contribution in [0.4, 0.5) is 23.1 Å². The van der Waals surface area contributed by atoms with Crippen molar-refractivity contribution >= 4 is 35.0 Å². The molecular formula is C20H22N8O2. The molecule has 4 rings (SSSR count). The van der Waals surface area contributed by atoms with E-state index in [0.717, 1.165) is 11.3 Å². The Bertz CT molecular complexity index is 1120. The van der Waals surface area contributed by atoms with Crippen LogP contribution in [0.25, 0.3) is 0 Å². The van der Waals surface area contributed by atoms with Crippen LogP contribution in [-0.4, -0.2) is 38.1 Å². The van der Waals surface area contributed by atoms with Crippen LogP contribution < -0.4 is 21.7 Å². The Hall–Kier alpha value is -3.95. The molecule has 154 valence electrons. The van der Waals surface area contributed by atoms with Gasteiger partial charge < -0.3 is 21.7 Å². The first-order valence-corrected chi connectivity index (χ1v) is 9.57. The molecule has 10 heteroatoms. The van der Waals surface area contributed by atoms with Gasteiger partial charge in [0.2, 0.25) is 5.95 Å². The van der Waals surface area contributed by atoms with Gasteiger partial charge in [-0.15, -0.1) is 0 Å². The molecule has 0 radical (unpaired) electrons. The quantitative estimate of drug-likeness (QED) is 0.491. The van der Waals surface area contributed by atoms with Gasteiger partial charge in [-0.3, -0.25) is 14.3 Å². The molecule has 0 aliphatic carbocycles. The van der Waals surface area contributed by atoms with Crippen LogP contribution in [0.5, 0.6) is 0 Å². The lowest BCUT2D eigenvalue weighted by Crippen LogP contribution is -2.32. The smallest absolute Gasteiger partial charge is 0.254 e. The minimum absolute atomic E-state index is 0.123. The number of primary amides is 1. The SMILES string of the molecule is CC(C)n1cc(Nc2ncc(C(N)=O)c(Nc3cccc4c3CCNC4=O)n2)cn1. The highest BCUT2D eigenvalue weighted by Crippen LogP contribution is 2.28. The molecule has 0 unspecified atom stereocenters. The number of nitrogens with zero attached hydrogens (tertiary/aromatic N) is 4. The van der Waals surface area contributed by atoms with Crippen LogP contribution in [-0.2, 0) is 6.42 Å². The molecule has 0 fully saturated rings. The molecule has 2 aromatic heterocycles. The van der Waals surface area contributed by atoms with Gasteiger partial charge in [0.1, 0.15) is 11.4 Å². The molecule has 3 aromatic rings. The van der Waals surface area contributed by atoms with E-state index < -0.39 is 5.91 Å². The van der Waals surface area contributed by atoms with Crippen molar-refractivity contribution in [3.8, 4) is 0 Å². The van der Waals surface area contributed by atoms with Crippen molar-refractivity contribution in [2.45, 2.75) is 26.3 Å². The van der Waals surface area contributed by atoms with Crippen LogP contribution in [0.15, 0.2) is 36.8 Å². The number of hydrogen-bond acceptors (Lipinski definition) is 7. The van der Waals surface area contributed by atoms with Crippen molar-refractivity contribution in [1.82, 2.24) is 25.1 Å². The van der Waals surface area contributed by atoms with Gasteiger partial charge in [0.25, 0.3) is 11.8 Å². The molecule has 0 bridgehead atoms. The number of nitrogens with one attached hydrogen (secondary N) is 3. The molecule has 5 N–H and O–H groups in total. The number of carbonyl (C=O) groups is 2. The van der Waals surface area contributed by atoms with Gasteiger partial charge in [-0.2, -0.15) is 10.1 Å². The van der Waals surface area contributed by atoms with Gasteiger partial charge in [-0.25, -0.2) is 4.98 Å². The van der Waals surface area contributed by atoms with Gasteiger partial charge >= 0.3 is 0 Å². The summed E-state index contributed by atoms with van der Waals surface area (Å²) in [5, 5.41) is 13.3. The molecule has 10 nitrogen and oxygen atoms in total. The molecule has 0 atom stereocenters. The molecule has 1 aliphatic heterocycles. The van der Waals surface area contributed by atoms with E-state index in [1.54, 1.807) is 23.0 Å². The third-order valence-electron chi connectivity index (χ3n) is 4.78. The van der Waals surface area contributed by atoms with Crippen molar-refractivity contribution in [3.63, 3.8) is 0 Å². The number of hydrogen-bond donors (Lipinski definition) is 4. The zero-order valence-electron chi connectivity index (χ0n) is 16.6. The van der Waals surface area contributed by atoms with E-state index in [1.807, 2.05) is 26.1 Å². The van der Waals surface area contributed by atoms with E-state index in [9.17, 15) is 9.59 Å². The summed E-state index contributed by atoms with van der Waals surface area (Å²) >= 11 is 0. The predicted octanol–water partition coefficient (Wildman–Crippen LogP) is 2.13. The van der Waals surface area contributed by atoms with E-state index in [0.29, 0.717) is 24.2 Å². The van der Waals surface area contributed by atoms with E-state index in [2.05, 4.69) is 31.0 Å². The lowest BCUT2D eigenvalue weighted by molar-refractivity contribution is 0.0944. The molecule has 0 spiro atoms. The average molecular weight is 406 g/mol. The minimum atomic E-state index is -0.654. The summed E-state index contributed by atoms with van der Waals surface area (Å²) in [6.45, 7) is 4.60. The molecule has 1 aromatic carbocycles. The summed E-state index contributed by atoms with van der Waals surface area (Å²) < 4.78 is 1.81. The standard InChI is InChI=1S/C20H22N8O2/c1-11(2)28-10-12(8-24-28)25-20-23-9-15(17(21)29)18(27-20)26-16-5-3-4-14-13(16)6-7-22-19(14)30/h3-5,8-11H,6-7H2,1-2H3,(H2,21,29)(H,22,30)(H2,23,25,26,27). The van der Waals surface area contributed by atoms with E-state index in [4.69, 9.17) is 5.73 Å². The summed E-state index contributed by atoms with van der Waals surface area (Å²) in [5.41, 5.74) is 8.54. The average Bonchev–Trinajstić information content (AvgIpc) is 3.18. The molecule has 1 aliphatic rings. The number of anilines is 4. The number of amides is 2. The fourth-order valence-electron chi connectivity index (χ4n) is 3.24. The second-order valence-corrected chi connectivity index (χ2v) is 7.21. The second kappa shape index (κ2) is 7.82. The zero-order valence-corrected chi connectivity index (χ0v) is 16.6. The highest BCUT2D eigenvalue weighted by atomic mass is 16.2. The summed E-state index contributed by atoms with van der Waals surface area (Å²) in [4.78, 5) is 32.6. The fourth-order valence-corrected chi connectivity index (χ4v) is 3.24. The maximum absolute atomic E-state index is 12.1. The molecule has 0 saturated heterocycles. The van der Waals surface area contributed by atoms with Crippen LogP contribution in [0.1, 0.15) is 46.2 Å². The largest absolute Gasteiger partial charge is 0.365 e. The Balaban J connectivity index is 1.67. The predicted molar refractivity (Wildman–Crippen MR) is 112 cm³/mol.